The lowest BCUT2D eigenvalue weighted by Crippen LogP contribution is -2.32. The zero-order valence-corrected chi connectivity index (χ0v) is 18.0. The van der Waals surface area contributed by atoms with Gasteiger partial charge in [0.25, 0.3) is 5.91 Å². The molecule has 1 N–H and O–H groups in total. The number of carbonyl (C=O) groups is 2. The van der Waals surface area contributed by atoms with Crippen LogP contribution in [0.4, 0.5) is 5.69 Å². The largest absolute Gasteiger partial charge is 0.469 e. The fraction of sp³-hybridized carbons (Fsp3) is 0.400. The standard InChI is InChI=1S/C20H26N2O6S/c1-6-22(7-2)29(25,26)18-12-16(9-8-13(18)3)21-19(23)15(5)28-20(24)17-10-11-27-14(17)4/h8-12,15H,6-7H2,1-5H3,(H,21,23)/t15-/m1/s1. The van der Waals surface area contributed by atoms with E-state index in [2.05, 4.69) is 5.32 Å². The summed E-state index contributed by atoms with van der Waals surface area (Å²) in [5.41, 5.74) is 1.12. The third-order valence-electron chi connectivity index (χ3n) is 4.51. The molecule has 0 radical (unpaired) electrons. The van der Waals surface area contributed by atoms with Crippen LogP contribution in [-0.2, 0) is 19.6 Å². The lowest BCUT2D eigenvalue weighted by Gasteiger charge is -2.20. The van der Waals surface area contributed by atoms with E-state index >= 15 is 0 Å². The summed E-state index contributed by atoms with van der Waals surface area (Å²) in [5, 5.41) is 2.60. The van der Waals surface area contributed by atoms with Crippen molar-refractivity contribution in [2.75, 3.05) is 18.4 Å². The summed E-state index contributed by atoms with van der Waals surface area (Å²) in [4.78, 5) is 24.7. The number of amides is 1. The third kappa shape index (κ3) is 5.04. The Hall–Kier alpha value is -2.65. The first-order chi connectivity index (χ1) is 13.6. The molecule has 0 aliphatic heterocycles. The van der Waals surface area contributed by atoms with E-state index in [0.29, 0.717) is 30.1 Å². The Labute approximate surface area is 170 Å². The summed E-state index contributed by atoms with van der Waals surface area (Å²) in [5.74, 6) is -0.852. The highest BCUT2D eigenvalue weighted by molar-refractivity contribution is 7.89. The number of esters is 1. The maximum absolute atomic E-state index is 12.8. The molecule has 1 amide bonds. The van der Waals surface area contributed by atoms with E-state index in [9.17, 15) is 18.0 Å². The number of rotatable bonds is 8. The number of anilines is 1. The first kappa shape index (κ1) is 22.6. The maximum atomic E-state index is 12.8. The Morgan fingerprint density at radius 1 is 1.17 bits per heavy atom. The van der Waals surface area contributed by atoms with Crippen LogP contribution in [0.5, 0.6) is 0 Å². The molecule has 0 saturated heterocycles. The summed E-state index contributed by atoms with van der Waals surface area (Å²) in [6.45, 7) is 8.96. The molecule has 1 heterocycles. The Morgan fingerprint density at radius 2 is 1.83 bits per heavy atom. The Bertz CT molecular complexity index is 992. The van der Waals surface area contributed by atoms with Gasteiger partial charge in [0.05, 0.1) is 11.2 Å². The summed E-state index contributed by atoms with van der Waals surface area (Å²) in [6.07, 6.45) is 0.279. The molecule has 0 aliphatic rings. The van der Waals surface area contributed by atoms with Crippen LogP contribution in [-0.4, -0.2) is 43.8 Å². The molecule has 0 saturated carbocycles. The van der Waals surface area contributed by atoms with Crippen LogP contribution in [0.25, 0.3) is 0 Å². The predicted octanol–water partition coefficient (Wildman–Crippen LogP) is 3.11. The van der Waals surface area contributed by atoms with Crippen molar-refractivity contribution in [1.29, 1.82) is 0 Å². The number of ether oxygens (including phenoxy) is 1. The van der Waals surface area contributed by atoms with Crippen LogP contribution in [0.1, 0.15) is 42.5 Å². The summed E-state index contributed by atoms with van der Waals surface area (Å²) in [6, 6.07) is 6.10. The topological polar surface area (TPSA) is 106 Å². The van der Waals surface area contributed by atoms with Gasteiger partial charge in [-0.2, -0.15) is 4.31 Å². The van der Waals surface area contributed by atoms with E-state index in [1.54, 1.807) is 39.8 Å². The van der Waals surface area contributed by atoms with Gasteiger partial charge in [0.15, 0.2) is 6.10 Å². The fourth-order valence-electron chi connectivity index (χ4n) is 2.78. The molecule has 0 unspecified atom stereocenters. The molecule has 0 spiro atoms. The Balaban J connectivity index is 2.16. The van der Waals surface area contributed by atoms with Gasteiger partial charge < -0.3 is 14.5 Å². The second-order valence-corrected chi connectivity index (χ2v) is 8.40. The molecule has 1 aromatic heterocycles. The molecule has 2 rings (SSSR count). The number of carbonyl (C=O) groups excluding carboxylic acids is 2. The predicted molar refractivity (Wildman–Crippen MR) is 108 cm³/mol. The molecular weight excluding hydrogens is 396 g/mol. The number of benzene rings is 1. The van der Waals surface area contributed by atoms with Crippen molar-refractivity contribution in [2.24, 2.45) is 0 Å². The van der Waals surface area contributed by atoms with Gasteiger partial charge in [-0.3, -0.25) is 4.79 Å². The van der Waals surface area contributed by atoms with E-state index in [-0.39, 0.29) is 10.5 Å². The number of aryl methyl sites for hydroxylation is 2. The van der Waals surface area contributed by atoms with Crippen molar-refractivity contribution >= 4 is 27.6 Å². The number of nitrogens with one attached hydrogen (secondary N) is 1. The zero-order valence-electron chi connectivity index (χ0n) is 17.2. The first-order valence-corrected chi connectivity index (χ1v) is 10.7. The highest BCUT2D eigenvalue weighted by Gasteiger charge is 2.25. The smallest absolute Gasteiger partial charge is 0.342 e. The zero-order chi connectivity index (χ0) is 21.8. The van der Waals surface area contributed by atoms with Gasteiger partial charge in [0, 0.05) is 18.8 Å². The maximum Gasteiger partial charge on any atom is 0.342 e. The molecule has 8 nitrogen and oxygen atoms in total. The number of hydrogen-bond donors (Lipinski definition) is 1. The first-order valence-electron chi connectivity index (χ1n) is 9.28. The second kappa shape index (κ2) is 9.23. The summed E-state index contributed by atoms with van der Waals surface area (Å²) < 4.78 is 37.2. The number of furan rings is 1. The Morgan fingerprint density at radius 3 is 2.38 bits per heavy atom. The molecular formula is C20H26N2O6S. The normalized spacial score (nSPS) is 12.6. The van der Waals surface area contributed by atoms with Crippen LogP contribution in [0, 0.1) is 13.8 Å². The van der Waals surface area contributed by atoms with Crippen LogP contribution < -0.4 is 5.32 Å². The van der Waals surface area contributed by atoms with Gasteiger partial charge in [0.2, 0.25) is 10.0 Å². The van der Waals surface area contributed by atoms with Crippen molar-refractivity contribution < 1.29 is 27.2 Å². The molecule has 2 aromatic rings. The van der Waals surface area contributed by atoms with Gasteiger partial charge in [-0.25, -0.2) is 13.2 Å². The van der Waals surface area contributed by atoms with Crippen molar-refractivity contribution in [2.45, 2.75) is 45.6 Å². The molecule has 9 heteroatoms. The number of sulfonamides is 1. The average Bonchev–Trinajstić information content (AvgIpc) is 3.09. The quantitative estimate of drug-likeness (QED) is 0.655. The number of hydrogen-bond acceptors (Lipinski definition) is 6. The molecule has 0 bridgehead atoms. The Kier molecular flexibility index (Phi) is 7.21. The number of nitrogens with zero attached hydrogens (tertiary/aromatic N) is 1. The minimum absolute atomic E-state index is 0.123. The van der Waals surface area contributed by atoms with E-state index < -0.39 is 28.0 Å². The van der Waals surface area contributed by atoms with Crippen LogP contribution in [0.15, 0.2) is 39.8 Å². The van der Waals surface area contributed by atoms with Crippen molar-refractivity contribution in [1.82, 2.24) is 4.31 Å². The minimum atomic E-state index is -3.68. The van der Waals surface area contributed by atoms with Gasteiger partial charge >= 0.3 is 5.97 Å². The molecule has 0 aliphatic carbocycles. The van der Waals surface area contributed by atoms with Gasteiger partial charge in [-0.15, -0.1) is 0 Å². The average molecular weight is 423 g/mol. The van der Waals surface area contributed by atoms with E-state index in [1.807, 2.05) is 0 Å². The molecule has 1 atom stereocenters. The van der Waals surface area contributed by atoms with Crippen molar-refractivity contribution in [3.05, 3.63) is 47.4 Å². The minimum Gasteiger partial charge on any atom is -0.469 e. The highest BCUT2D eigenvalue weighted by Crippen LogP contribution is 2.24. The van der Waals surface area contributed by atoms with E-state index in [1.165, 1.54) is 29.6 Å². The van der Waals surface area contributed by atoms with Gasteiger partial charge in [-0.1, -0.05) is 19.9 Å². The van der Waals surface area contributed by atoms with Gasteiger partial charge in [-0.05, 0) is 44.5 Å². The summed E-state index contributed by atoms with van der Waals surface area (Å²) in [7, 11) is -3.68. The van der Waals surface area contributed by atoms with Crippen LogP contribution in [0.3, 0.4) is 0 Å². The molecule has 158 valence electrons. The van der Waals surface area contributed by atoms with E-state index in [4.69, 9.17) is 9.15 Å². The SMILES string of the molecule is CCN(CC)S(=O)(=O)c1cc(NC(=O)[C@@H](C)OC(=O)c2ccoc2C)ccc1C. The van der Waals surface area contributed by atoms with Gasteiger partial charge in [0.1, 0.15) is 11.3 Å². The van der Waals surface area contributed by atoms with Crippen molar-refractivity contribution in [3.63, 3.8) is 0 Å². The monoisotopic (exact) mass is 422 g/mol. The molecule has 29 heavy (non-hydrogen) atoms. The third-order valence-corrected chi connectivity index (χ3v) is 6.70. The van der Waals surface area contributed by atoms with Crippen LogP contribution in [0.2, 0.25) is 0 Å². The van der Waals surface area contributed by atoms with Crippen molar-refractivity contribution in [3.8, 4) is 0 Å². The summed E-state index contributed by atoms with van der Waals surface area (Å²) >= 11 is 0. The molecule has 0 fully saturated rings. The lowest BCUT2D eigenvalue weighted by molar-refractivity contribution is -0.123. The lowest BCUT2D eigenvalue weighted by atomic mass is 10.2. The second-order valence-electron chi connectivity index (χ2n) is 6.50. The van der Waals surface area contributed by atoms with Crippen LogP contribution >= 0.6 is 0 Å². The van der Waals surface area contributed by atoms with E-state index in [0.717, 1.165) is 0 Å². The fourth-order valence-corrected chi connectivity index (χ4v) is 4.49. The highest BCUT2D eigenvalue weighted by atomic mass is 32.2. The molecule has 1 aromatic carbocycles.